The van der Waals surface area contributed by atoms with Crippen molar-refractivity contribution in [2.75, 3.05) is 0 Å². The zero-order valence-corrected chi connectivity index (χ0v) is 10.6. The van der Waals surface area contributed by atoms with Gasteiger partial charge in [0.05, 0.1) is 0 Å². The van der Waals surface area contributed by atoms with E-state index in [1.54, 1.807) is 0 Å². The quantitative estimate of drug-likeness (QED) is 0.647. The van der Waals surface area contributed by atoms with Gasteiger partial charge in [-0.1, -0.05) is 0 Å². The topological polar surface area (TPSA) is 38.7 Å². The van der Waals surface area contributed by atoms with Crippen LogP contribution in [0, 0.1) is 0 Å². The Hall–Kier alpha value is -1.22. The van der Waals surface area contributed by atoms with Crippen LogP contribution in [-0.2, 0) is 0 Å². The van der Waals surface area contributed by atoms with E-state index in [0.29, 0.717) is 5.15 Å². The first kappa shape index (κ1) is 9.97. The van der Waals surface area contributed by atoms with Crippen LogP contribution in [0.4, 0.5) is 0 Å². The van der Waals surface area contributed by atoms with Crippen LogP contribution < -0.4 is 0 Å². The molecule has 0 aliphatic rings. The van der Waals surface area contributed by atoms with Crippen molar-refractivity contribution >= 4 is 35.9 Å². The third-order valence-corrected chi connectivity index (χ3v) is 5.24. The van der Waals surface area contributed by atoms with E-state index in [0.717, 1.165) is 9.78 Å². The fourth-order valence-electron chi connectivity index (χ4n) is 1.50. The maximum absolute atomic E-state index is 5.99. The number of hydrogen-bond acceptors (Lipinski definition) is 3. The van der Waals surface area contributed by atoms with E-state index in [4.69, 9.17) is 11.6 Å². The Morgan fingerprint density at radius 3 is 2.62 bits per heavy atom. The summed E-state index contributed by atoms with van der Waals surface area (Å²) in [5.74, 6) is 0. The molecule has 78 valence electrons. The third-order valence-electron chi connectivity index (χ3n) is 2.24. The average Bonchev–Trinajstić information content (AvgIpc) is 2.76. The van der Waals surface area contributed by atoms with Crippen molar-refractivity contribution in [1.82, 2.24) is 15.4 Å². The molecule has 16 heavy (non-hydrogen) atoms. The molecule has 0 amide bonds. The molecule has 3 rings (SSSR count). The second kappa shape index (κ2) is 3.98. The normalized spacial score (nSPS) is 10.8. The van der Waals surface area contributed by atoms with E-state index in [2.05, 4.69) is 27.5 Å². The van der Waals surface area contributed by atoms with E-state index in [1.165, 1.54) is 10.0 Å². The number of halogens is 1. The summed E-state index contributed by atoms with van der Waals surface area (Å²) in [6.07, 6.45) is 0. The molecule has 2 heterocycles. The Kier molecular flexibility index (Phi) is 2.48. The van der Waals surface area contributed by atoms with Gasteiger partial charge in [0.1, 0.15) is 0 Å². The number of aromatic nitrogens is 3. The number of fused-ring (bicyclic) bond motifs is 1. The van der Waals surface area contributed by atoms with Gasteiger partial charge in [-0.2, -0.15) is 0 Å². The zero-order valence-electron chi connectivity index (χ0n) is 8.09. The number of hydrogen-bond donors (Lipinski definition) is 0. The molecule has 0 unspecified atom stereocenters. The summed E-state index contributed by atoms with van der Waals surface area (Å²) in [5.41, 5.74) is 2.08. The Morgan fingerprint density at radius 1 is 1.06 bits per heavy atom. The van der Waals surface area contributed by atoms with Crippen LogP contribution in [0.15, 0.2) is 36.4 Å². The maximum atomic E-state index is 5.99. The first-order valence-corrected chi connectivity index (χ1v) is 6.77. The molecule has 5 heteroatoms. The van der Waals surface area contributed by atoms with Gasteiger partial charge in [0, 0.05) is 0 Å². The summed E-state index contributed by atoms with van der Waals surface area (Å²) in [7, 11) is 0. The van der Waals surface area contributed by atoms with E-state index in [1.807, 2.05) is 24.3 Å². The van der Waals surface area contributed by atoms with Crippen molar-refractivity contribution in [2.45, 2.75) is 0 Å². The predicted molar refractivity (Wildman–Crippen MR) is 64.7 cm³/mol. The van der Waals surface area contributed by atoms with Gasteiger partial charge >= 0.3 is 103 Å². The fourth-order valence-corrected chi connectivity index (χ4v) is 3.88. The van der Waals surface area contributed by atoms with E-state index in [-0.39, 0.29) is 14.5 Å². The Morgan fingerprint density at radius 2 is 1.88 bits per heavy atom. The molecule has 2 aromatic heterocycles. The standard InChI is InChI=1S/C11H6ClN3Se/c12-11-10-8(13-15-14-11)6-9(16-10)7-4-2-1-3-5-7/h1-6H. The first-order chi connectivity index (χ1) is 7.84. The Balaban J connectivity index is 2.23. The summed E-state index contributed by atoms with van der Waals surface area (Å²) in [6.45, 7) is 0. The molecule has 1 aromatic carbocycles. The van der Waals surface area contributed by atoms with Crippen molar-refractivity contribution in [3.63, 3.8) is 0 Å². The molecule has 0 radical (unpaired) electrons. The minimum absolute atomic E-state index is 0.177. The van der Waals surface area contributed by atoms with E-state index >= 15 is 0 Å². The zero-order chi connectivity index (χ0) is 11.0. The third kappa shape index (κ3) is 1.65. The number of nitrogens with zero attached hydrogens (tertiary/aromatic N) is 3. The molecular formula is C11H6ClN3Se. The number of benzene rings is 1. The van der Waals surface area contributed by atoms with Crippen LogP contribution in [0.5, 0.6) is 0 Å². The van der Waals surface area contributed by atoms with Gasteiger partial charge < -0.3 is 0 Å². The number of rotatable bonds is 1. The molecule has 0 aliphatic heterocycles. The van der Waals surface area contributed by atoms with Crippen LogP contribution in [0.1, 0.15) is 0 Å². The predicted octanol–water partition coefficient (Wildman–Crippen LogP) is 2.40. The first-order valence-electron chi connectivity index (χ1n) is 4.68. The second-order valence-corrected chi connectivity index (χ2v) is 5.84. The molecule has 0 saturated carbocycles. The van der Waals surface area contributed by atoms with Crippen LogP contribution in [0.3, 0.4) is 0 Å². The van der Waals surface area contributed by atoms with Crippen molar-refractivity contribution in [2.24, 2.45) is 0 Å². The summed E-state index contributed by atoms with van der Waals surface area (Å²) < 4.78 is 2.30. The van der Waals surface area contributed by atoms with Gasteiger partial charge in [-0.05, 0) is 0 Å². The second-order valence-electron chi connectivity index (χ2n) is 3.27. The van der Waals surface area contributed by atoms with Gasteiger partial charge in [-0.25, -0.2) is 0 Å². The van der Waals surface area contributed by atoms with Crippen molar-refractivity contribution in [3.8, 4) is 10.0 Å². The molecule has 0 N–H and O–H groups in total. The summed E-state index contributed by atoms with van der Waals surface area (Å²) >= 11 is 6.17. The fraction of sp³-hybridized carbons (Fsp3) is 0. The molecule has 0 fully saturated rings. The van der Waals surface area contributed by atoms with Gasteiger partial charge in [-0.15, -0.1) is 0 Å². The molecule has 0 saturated heterocycles. The SMILES string of the molecule is Clc1nnnc2cc(-c3ccccc3)[se]c12. The van der Waals surface area contributed by atoms with Crippen molar-refractivity contribution < 1.29 is 0 Å². The van der Waals surface area contributed by atoms with Crippen LogP contribution in [0.25, 0.3) is 19.8 Å². The van der Waals surface area contributed by atoms with Gasteiger partial charge in [0.25, 0.3) is 0 Å². The van der Waals surface area contributed by atoms with Gasteiger partial charge in [-0.3, -0.25) is 0 Å². The molecular weight excluding hydrogens is 289 g/mol. The Bertz CT molecular complexity index is 636. The minimum atomic E-state index is 0.177. The summed E-state index contributed by atoms with van der Waals surface area (Å²) in [5, 5.41) is 11.9. The summed E-state index contributed by atoms with van der Waals surface area (Å²) in [6, 6.07) is 12.3. The van der Waals surface area contributed by atoms with E-state index < -0.39 is 0 Å². The van der Waals surface area contributed by atoms with Gasteiger partial charge in [0.15, 0.2) is 0 Å². The molecule has 0 spiro atoms. The van der Waals surface area contributed by atoms with Crippen molar-refractivity contribution in [3.05, 3.63) is 41.6 Å². The monoisotopic (exact) mass is 295 g/mol. The molecule has 0 bridgehead atoms. The Labute approximate surface area is 103 Å². The van der Waals surface area contributed by atoms with Crippen LogP contribution in [-0.4, -0.2) is 29.9 Å². The average molecular weight is 295 g/mol. The molecule has 3 nitrogen and oxygen atoms in total. The van der Waals surface area contributed by atoms with Crippen LogP contribution >= 0.6 is 11.6 Å². The van der Waals surface area contributed by atoms with Gasteiger partial charge in [0.2, 0.25) is 0 Å². The molecule has 0 atom stereocenters. The van der Waals surface area contributed by atoms with Crippen LogP contribution in [0.2, 0.25) is 5.15 Å². The van der Waals surface area contributed by atoms with E-state index in [9.17, 15) is 0 Å². The molecule has 0 aliphatic carbocycles. The summed E-state index contributed by atoms with van der Waals surface area (Å²) in [4.78, 5) is 0. The van der Waals surface area contributed by atoms with Crippen molar-refractivity contribution in [1.29, 1.82) is 0 Å². The molecule has 3 aromatic rings.